The van der Waals surface area contributed by atoms with Crippen LogP contribution in [0.25, 0.3) is 6.08 Å². The van der Waals surface area contributed by atoms with E-state index in [0.717, 1.165) is 13.6 Å². The number of nitrogens with zero attached hydrogens (tertiary/aromatic N) is 1. The Morgan fingerprint density at radius 3 is 2.55 bits per heavy atom. The summed E-state index contributed by atoms with van der Waals surface area (Å²) < 4.78 is 14.2. The summed E-state index contributed by atoms with van der Waals surface area (Å²) in [6.07, 6.45) is 1.55. The van der Waals surface area contributed by atoms with Gasteiger partial charge in [-0.15, -0.1) is 0 Å². The van der Waals surface area contributed by atoms with Gasteiger partial charge < -0.3 is 14.8 Å². The van der Waals surface area contributed by atoms with E-state index in [9.17, 15) is 10.1 Å². The monoisotopic (exact) mass is 728 g/mol. The van der Waals surface area contributed by atoms with Crippen LogP contribution in [0.5, 0.6) is 11.5 Å². The topological polar surface area (TPSA) is 71.3 Å². The third-order valence-corrected chi connectivity index (χ3v) is 6.51. The molecule has 8 heteroatoms. The first kappa shape index (κ1) is 25.5. The van der Waals surface area contributed by atoms with Crippen LogP contribution in [0.15, 0.2) is 70.7 Å². The molecular formula is C25H19BrI2N2O3. The molecule has 3 aromatic carbocycles. The lowest BCUT2D eigenvalue weighted by Crippen LogP contribution is -2.13. The molecule has 0 heterocycles. The number of nitriles is 1. The second-order valence-electron chi connectivity index (χ2n) is 6.81. The van der Waals surface area contributed by atoms with Crippen molar-refractivity contribution in [1.82, 2.24) is 0 Å². The number of amides is 1. The van der Waals surface area contributed by atoms with Crippen LogP contribution in [0.4, 0.5) is 5.69 Å². The van der Waals surface area contributed by atoms with Crippen LogP contribution in [0.2, 0.25) is 0 Å². The molecule has 0 unspecified atom stereocenters. The highest BCUT2D eigenvalue weighted by Crippen LogP contribution is 2.33. The first-order valence-electron chi connectivity index (χ1n) is 9.92. The van der Waals surface area contributed by atoms with Crippen molar-refractivity contribution in [2.75, 3.05) is 11.9 Å². The van der Waals surface area contributed by atoms with Crippen molar-refractivity contribution in [2.45, 2.75) is 13.5 Å². The minimum absolute atomic E-state index is 0.00734. The van der Waals surface area contributed by atoms with Crippen molar-refractivity contribution < 1.29 is 14.3 Å². The molecule has 5 nitrogen and oxygen atoms in total. The van der Waals surface area contributed by atoms with Gasteiger partial charge in [-0.3, -0.25) is 4.79 Å². The number of hydrogen-bond donors (Lipinski definition) is 1. The molecule has 168 valence electrons. The third-order valence-electron chi connectivity index (χ3n) is 4.40. The summed E-state index contributed by atoms with van der Waals surface area (Å²) in [6.45, 7) is 2.85. The average Bonchev–Trinajstić information content (AvgIpc) is 2.78. The van der Waals surface area contributed by atoms with E-state index in [0.29, 0.717) is 36.0 Å². The van der Waals surface area contributed by atoms with Crippen molar-refractivity contribution in [3.63, 3.8) is 0 Å². The zero-order valence-electron chi connectivity index (χ0n) is 17.6. The molecule has 1 N–H and O–H groups in total. The fraction of sp³-hybridized carbons (Fsp3) is 0.120. The lowest BCUT2D eigenvalue weighted by atomic mass is 10.1. The molecule has 0 saturated carbocycles. The highest BCUT2D eigenvalue weighted by molar-refractivity contribution is 14.1. The Morgan fingerprint density at radius 2 is 1.88 bits per heavy atom. The molecule has 3 rings (SSSR count). The van der Waals surface area contributed by atoms with Crippen LogP contribution >= 0.6 is 61.1 Å². The van der Waals surface area contributed by atoms with E-state index >= 15 is 0 Å². The van der Waals surface area contributed by atoms with Crippen LogP contribution < -0.4 is 14.8 Å². The molecule has 0 atom stereocenters. The quantitative estimate of drug-likeness (QED) is 0.152. The number of nitrogens with one attached hydrogen (secondary N) is 1. The second-order valence-corrected chi connectivity index (χ2v) is 10.1. The minimum Gasteiger partial charge on any atom is -0.494 e. The van der Waals surface area contributed by atoms with Gasteiger partial charge in [0, 0.05) is 15.3 Å². The summed E-state index contributed by atoms with van der Waals surface area (Å²) in [7, 11) is 0. The molecule has 0 aliphatic heterocycles. The van der Waals surface area contributed by atoms with Gasteiger partial charge in [0.15, 0.2) is 0 Å². The van der Waals surface area contributed by atoms with Crippen molar-refractivity contribution in [3.8, 4) is 17.6 Å². The fourth-order valence-corrected chi connectivity index (χ4v) is 5.01. The predicted molar refractivity (Wildman–Crippen MR) is 150 cm³/mol. The smallest absolute Gasteiger partial charge is 0.266 e. The van der Waals surface area contributed by atoms with Crippen molar-refractivity contribution >= 4 is 78.8 Å². The normalized spacial score (nSPS) is 10.9. The molecule has 0 spiro atoms. The molecule has 0 saturated heterocycles. The Hall–Kier alpha value is -2.10. The molecule has 0 bridgehead atoms. The van der Waals surface area contributed by atoms with Gasteiger partial charge in [-0.25, -0.2) is 0 Å². The first-order valence-corrected chi connectivity index (χ1v) is 12.9. The fourth-order valence-electron chi connectivity index (χ4n) is 2.88. The molecule has 33 heavy (non-hydrogen) atoms. The largest absolute Gasteiger partial charge is 0.494 e. The summed E-state index contributed by atoms with van der Waals surface area (Å²) >= 11 is 8.00. The van der Waals surface area contributed by atoms with Gasteiger partial charge in [-0.1, -0.05) is 18.2 Å². The van der Waals surface area contributed by atoms with E-state index < -0.39 is 5.91 Å². The first-order chi connectivity index (χ1) is 15.9. The van der Waals surface area contributed by atoms with Crippen molar-refractivity contribution in [1.29, 1.82) is 5.26 Å². The van der Waals surface area contributed by atoms with E-state index in [2.05, 4.69) is 66.4 Å². The standard InChI is InChI=1S/C25H19BrI2N2O3/c1-2-32-21-5-3-4-20(13-21)30-25(31)18(14-29)10-17-11-22(26)24(23(28)12-17)33-15-16-6-8-19(27)9-7-16/h3-13H,2,15H2,1H3,(H,30,31)/b18-10-. The Kier molecular flexibility index (Phi) is 9.58. The number of rotatable bonds is 8. The van der Waals surface area contributed by atoms with E-state index in [1.54, 1.807) is 24.3 Å². The number of benzene rings is 3. The third kappa shape index (κ3) is 7.45. The Labute approximate surface area is 228 Å². The molecule has 0 radical (unpaired) electrons. The predicted octanol–water partition coefficient (Wildman–Crippen LogP) is 7.18. The van der Waals surface area contributed by atoms with Gasteiger partial charge in [-0.05, 0) is 122 Å². The Bertz CT molecular complexity index is 1200. The SMILES string of the molecule is CCOc1cccc(NC(=O)/C(C#N)=C\c2cc(Br)c(OCc3ccc(I)cc3)c(I)c2)c1. The number of halogens is 3. The van der Waals surface area contributed by atoms with E-state index in [1.165, 1.54) is 3.57 Å². The zero-order valence-corrected chi connectivity index (χ0v) is 23.5. The van der Waals surface area contributed by atoms with Gasteiger partial charge in [0.2, 0.25) is 0 Å². The van der Waals surface area contributed by atoms with Crippen LogP contribution in [0.1, 0.15) is 18.1 Å². The number of carbonyl (C=O) groups is 1. The minimum atomic E-state index is -0.490. The second kappa shape index (κ2) is 12.4. The zero-order chi connectivity index (χ0) is 23.8. The van der Waals surface area contributed by atoms with E-state index in [4.69, 9.17) is 9.47 Å². The maximum atomic E-state index is 12.7. The summed E-state index contributed by atoms with van der Waals surface area (Å²) in [5, 5.41) is 12.3. The van der Waals surface area contributed by atoms with E-state index in [-0.39, 0.29) is 5.57 Å². The molecule has 0 aliphatic rings. The average molecular weight is 729 g/mol. The molecule has 0 aromatic heterocycles. The highest BCUT2D eigenvalue weighted by Gasteiger charge is 2.13. The van der Waals surface area contributed by atoms with Crippen LogP contribution in [-0.2, 0) is 11.4 Å². The summed E-state index contributed by atoms with van der Waals surface area (Å²) in [5.41, 5.74) is 2.33. The number of carbonyl (C=O) groups excluding carboxylic acids is 1. The molecule has 1 amide bonds. The van der Waals surface area contributed by atoms with E-state index in [1.807, 2.05) is 55.5 Å². The van der Waals surface area contributed by atoms with Crippen LogP contribution in [0, 0.1) is 18.5 Å². The van der Waals surface area contributed by atoms with Gasteiger partial charge >= 0.3 is 0 Å². The maximum absolute atomic E-state index is 12.7. The van der Waals surface area contributed by atoms with Gasteiger partial charge in [-0.2, -0.15) is 5.26 Å². The van der Waals surface area contributed by atoms with Crippen LogP contribution in [0.3, 0.4) is 0 Å². The van der Waals surface area contributed by atoms with Crippen molar-refractivity contribution in [3.05, 3.63) is 89.0 Å². The Morgan fingerprint density at radius 1 is 1.12 bits per heavy atom. The highest BCUT2D eigenvalue weighted by atomic mass is 127. The molecule has 3 aromatic rings. The van der Waals surface area contributed by atoms with Gasteiger partial charge in [0.1, 0.15) is 29.7 Å². The molecular weight excluding hydrogens is 710 g/mol. The number of hydrogen-bond acceptors (Lipinski definition) is 4. The summed E-state index contributed by atoms with van der Waals surface area (Å²) in [5.74, 6) is 0.871. The number of ether oxygens (including phenoxy) is 2. The van der Waals surface area contributed by atoms with Crippen LogP contribution in [-0.4, -0.2) is 12.5 Å². The summed E-state index contributed by atoms with van der Waals surface area (Å²) in [6, 6.07) is 20.9. The van der Waals surface area contributed by atoms with Gasteiger partial charge in [0.05, 0.1) is 14.6 Å². The number of anilines is 1. The Balaban J connectivity index is 1.75. The molecule has 0 aliphatic carbocycles. The summed E-state index contributed by atoms with van der Waals surface area (Å²) in [4.78, 5) is 12.7. The van der Waals surface area contributed by atoms with Gasteiger partial charge in [0.25, 0.3) is 5.91 Å². The molecule has 0 fully saturated rings. The lowest BCUT2D eigenvalue weighted by molar-refractivity contribution is -0.112. The van der Waals surface area contributed by atoms with Crippen molar-refractivity contribution in [2.24, 2.45) is 0 Å². The maximum Gasteiger partial charge on any atom is 0.266 e. The lowest BCUT2D eigenvalue weighted by Gasteiger charge is -2.12.